The Morgan fingerprint density at radius 3 is 2.78 bits per heavy atom. The van der Waals surface area contributed by atoms with Crippen LogP contribution in [0.25, 0.3) is 0 Å². The predicted octanol–water partition coefficient (Wildman–Crippen LogP) is 2.74. The molecule has 0 aromatic carbocycles. The van der Waals surface area contributed by atoms with E-state index < -0.39 is 0 Å². The van der Waals surface area contributed by atoms with E-state index >= 15 is 0 Å². The van der Waals surface area contributed by atoms with Gasteiger partial charge < -0.3 is 9.64 Å². The van der Waals surface area contributed by atoms with Crippen LogP contribution in [-0.2, 0) is 4.74 Å². The molecule has 0 spiro atoms. The smallest absolute Gasteiger partial charge is 0.338 e. The van der Waals surface area contributed by atoms with Gasteiger partial charge in [-0.05, 0) is 25.0 Å². The number of carbonyl (C=O) groups excluding carboxylic acids is 1. The van der Waals surface area contributed by atoms with Crippen molar-refractivity contribution in [2.45, 2.75) is 27.2 Å². The molecule has 1 aromatic heterocycles. The van der Waals surface area contributed by atoms with Crippen molar-refractivity contribution in [2.24, 2.45) is 5.92 Å². The van der Waals surface area contributed by atoms with E-state index in [9.17, 15) is 4.79 Å². The van der Waals surface area contributed by atoms with E-state index in [0.717, 1.165) is 25.3 Å². The molecular weight excluding hydrogens is 228 g/mol. The van der Waals surface area contributed by atoms with Crippen LogP contribution in [0.5, 0.6) is 0 Å². The SMILES string of the molecule is CCC(C)CN(CC)c1cc(C(=O)OC)ccn1. The molecule has 1 aromatic rings. The Morgan fingerprint density at radius 1 is 1.50 bits per heavy atom. The average Bonchev–Trinajstić information content (AvgIpc) is 2.43. The standard InChI is InChI=1S/C14H22N2O2/c1-5-11(3)10-16(6-2)13-9-12(7-8-15-13)14(17)18-4/h7-9,11H,5-6,10H2,1-4H3. The maximum Gasteiger partial charge on any atom is 0.338 e. The molecule has 100 valence electrons. The van der Waals surface area contributed by atoms with Gasteiger partial charge in [0.25, 0.3) is 0 Å². The number of rotatable bonds is 6. The maximum absolute atomic E-state index is 11.5. The molecule has 0 fully saturated rings. The molecular formula is C14H22N2O2. The van der Waals surface area contributed by atoms with Crippen LogP contribution in [0.1, 0.15) is 37.6 Å². The van der Waals surface area contributed by atoms with Crippen molar-refractivity contribution in [2.75, 3.05) is 25.1 Å². The number of ether oxygens (including phenoxy) is 1. The number of nitrogens with zero attached hydrogens (tertiary/aromatic N) is 2. The summed E-state index contributed by atoms with van der Waals surface area (Å²) in [5.41, 5.74) is 0.546. The summed E-state index contributed by atoms with van der Waals surface area (Å²) in [4.78, 5) is 18.0. The number of aromatic nitrogens is 1. The third-order valence-corrected chi connectivity index (χ3v) is 3.10. The molecule has 0 N–H and O–H groups in total. The molecule has 0 radical (unpaired) electrons. The lowest BCUT2D eigenvalue weighted by molar-refractivity contribution is 0.0600. The second-order valence-electron chi connectivity index (χ2n) is 4.45. The monoisotopic (exact) mass is 250 g/mol. The summed E-state index contributed by atoms with van der Waals surface area (Å²) < 4.78 is 4.72. The number of hydrogen-bond donors (Lipinski definition) is 0. The fraction of sp³-hybridized carbons (Fsp3) is 0.571. The second kappa shape index (κ2) is 6.99. The Hall–Kier alpha value is -1.58. The molecule has 18 heavy (non-hydrogen) atoms. The van der Waals surface area contributed by atoms with E-state index in [2.05, 4.69) is 30.7 Å². The maximum atomic E-state index is 11.5. The van der Waals surface area contributed by atoms with E-state index in [1.807, 2.05) is 0 Å². The van der Waals surface area contributed by atoms with E-state index in [4.69, 9.17) is 4.74 Å². The summed E-state index contributed by atoms with van der Waals surface area (Å²) in [6.07, 6.45) is 2.79. The lowest BCUT2D eigenvalue weighted by Gasteiger charge is -2.25. The largest absolute Gasteiger partial charge is 0.465 e. The Balaban J connectivity index is 2.89. The van der Waals surface area contributed by atoms with Gasteiger partial charge >= 0.3 is 5.97 Å². The molecule has 0 saturated heterocycles. The van der Waals surface area contributed by atoms with Gasteiger partial charge in [0.15, 0.2) is 0 Å². The fourth-order valence-corrected chi connectivity index (χ4v) is 1.73. The van der Waals surface area contributed by atoms with E-state index in [1.54, 1.807) is 18.3 Å². The van der Waals surface area contributed by atoms with Crippen molar-refractivity contribution >= 4 is 11.8 Å². The van der Waals surface area contributed by atoms with Gasteiger partial charge in [-0.3, -0.25) is 0 Å². The molecule has 4 heteroatoms. The Labute approximate surface area is 109 Å². The summed E-state index contributed by atoms with van der Waals surface area (Å²) >= 11 is 0. The van der Waals surface area contributed by atoms with Crippen molar-refractivity contribution in [3.8, 4) is 0 Å². The molecule has 0 amide bonds. The van der Waals surface area contributed by atoms with Crippen LogP contribution in [0.2, 0.25) is 0 Å². The highest BCUT2D eigenvalue weighted by Crippen LogP contribution is 2.16. The van der Waals surface area contributed by atoms with E-state index in [1.165, 1.54) is 7.11 Å². The van der Waals surface area contributed by atoms with Gasteiger partial charge in [0, 0.05) is 19.3 Å². The lowest BCUT2D eigenvalue weighted by Crippen LogP contribution is -2.29. The van der Waals surface area contributed by atoms with Gasteiger partial charge in [0.05, 0.1) is 12.7 Å². The van der Waals surface area contributed by atoms with Crippen LogP contribution in [0.3, 0.4) is 0 Å². The van der Waals surface area contributed by atoms with Gasteiger partial charge in [-0.15, -0.1) is 0 Å². The molecule has 0 bridgehead atoms. The fourth-order valence-electron chi connectivity index (χ4n) is 1.73. The quantitative estimate of drug-likeness (QED) is 0.728. The van der Waals surface area contributed by atoms with E-state index in [0.29, 0.717) is 11.5 Å². The third-order valence-electron chi connectivity index (χ3n) is 3.10. The molecule has 4 nitrogen and oxygen atoms in total. The molecule has 0 aliphatic heterocycles. The zero-order valence-electron chi connectivity index (χ0n) is 11.6. The third kappa shape index (κ3) is 3.72. The average molecular weight is 250 g/mol. The minimum absolute atomic E-state index is 0.321. The molecule has 1 unspecified atom stereocenters. The van der Waals surface area contributed by atoms with Gasteiger partial charge in [-0.1, -0.05) is 20.3 Å². The van der Waals surface area contributed by atoms with Crippen LogP contribution < -0.4 is 4.90 Å². The van der Waals surface area contributed by atoms with Crippen molar-refractivity contribution < 1.29 is 9.53 Å². The van der Waals surface area contributed by atoms with Crippen LogP contribution in [0.15, 0.2) is 18.3 Å². The Morgan fingerprint density at radius 2 is 2.22 bits per heavy atom. The first-order chi connectivity index (χ1) is 8.62. The Kier molecular flexibility index (Phi) is 5.62. The summed E-state index contributed by atoms with van der Waals surface area (Å²) in [6.45, 7) is 8.31. The highest BCUT2D eigenvalue weighted by Gasteiger charge is 2.12. The number of anilines is 1. The lowest BCUT2D eigenvalue weighted by atomic mass is 10.1. The van der Waals surface area contributed by atoms with Crippen molar-refractivity contribution in [3.63, 3.8) is 0 Å². The minimum atomic E-state index is -0.321. The first kappa shape index (κ1) is 14.5. The predicted molar refractivity (Wildman–Crippen MR) is 72.9 cm³/mol. The normalized spacial score (nSPS) is 12.0. The topological polar surface area (TPSA) is 42.4 Å². The highest BCUT2D eigenvalue weighted by atomic mass is 16.5. The first-order valence-electron chi connectivity index (χ1n) is 6.41. The van der Waals surface area contributed by atoms with Crippen LogP contribution in [-0.4, -0.2) is 31.2 Å². The van der Waals surface area contributed by atoms with Crippen LogP contribution in [0.4, 0.5) is 5.82 Å². The molecule has 0 saturated carbocycles. The van der Waals surface area contributed by atoms with Gasteiger partial charge in [0.1, 0.15) is 5.82 Å². The summed E-state index contributed by atoms with van der Waals surface area (Å²) in [6, 6.07) is 3.46. The van der Waals surface area contributed by atoms with Gasteiger partial charge in [-0.2, -0.15) is 0 Å². The van der Waals surface area contributed by atoms with Crippen LogP contribution >= 0.6 is 0 Å². The zero-order chi connectivity index (χ0) is 13.5. The molecule has 1 heterocycles. The molecule has 0 aliphatic carbocycles. The molecule has 1 atom stereocenters. The number of carbonyl (C=O) groups is 1. The molecule has 0 aliphatic rings. The summed E-state index contributed by atoms with van der Waals surface area (Å²) in [5.74, 6) is 1.12. The second-order valence-corrected chi connectivity index (χ2v) is 4.45. The van der Waals surface area contributed by atoms with Crippen molar-refractivity contribution in [1.29, 1.82) is 0 Å². The number of pyridine rings is 1. The number of esters is 1. The van der Waals surface area contributed by atoms with Gasteiger partial charge in [-0.25, -0.2) is 9.78 Å². The van der Waals surface area contributed by atoms with Crippen LogP contribution in [0, 0.1) is 5.92 Å². The minimum Gasteiger partial charge on any atom is -0.465 e. The molecule has 1 rings (SSSR count). The number of hydrogen-bond acceptors (Lipinski definition) is 4. The van der Waals surface area contributed by atoms with E-state index in [-0.39, 0.29) is 5.97 Å². The van der Waals surface area contributed by atoms with Crippen molar-refractivity contribution in [3.05, 3.63) is 23.9 Å². The summed E-state index contributed by atoms with van der Waals surface area (Å²) in [7, 11) is 1.39. The summed E-state index contributed by atoms with van der Waals surface area (Å²) in [5, 5.41) is 0. The van der Waals surface area contributed by atoms with Gasteiger partial charge in [0.2, 0.25) is 0 Å². The highest BCUT2D eigenvalue weighted by molar-refractivity contribution is 5.90. The van der Waals surface area contributed by atoms with Crippen molar-refractivity contribution in [1.82, 2.24) is 4.98 Å². The Bertz CT molecular complexity index is 393. The zero-order valence-corrected chi connectivity index (χ0v) is 11.6. The first-order valence-corrected chi connectivity index (χ1v) is 6.41. The number of methoxy groups -OCH3 is 1.